The summed E-state index contributed by atoms with van der Waals surface area (Å²) in [6, 6.07) is 0. The van der Waals surface area contributed by atoms with E-state index in [-0.39, 0.29) is 0 Å². The van der Waals surface area contributed by atoms with Crippen molar-refractivity contribution in [1.29, 1.82) is 0 Å². The maximum absolute atomic E-state index is 12.3. The Bertz CT molecular complexity index is 269. The van der Waals surface area contributed by atoms with Crippen LogP contribution in [0.1, 0.15) is 0 Å². The van der Waals surface area contributed by atoms with Crippen LogP contribution < -0.4 is 0 Å². The number of dihydropyridines is 1. The van der Waals surface area contributed by atoms with E-state index in [0.717, 1.165) is 12.3 Å². The maximum atomic E-state index is 12.3. The highest BCUT2D eigenvalue weighted by molar-refractivity contribution is 6.19. The van der Waals surface area contributed by atoms with Crippen molar-refractivity contribution in [2.45, 2.75) is 6.17 Å². The first kappa shape index (κ1) is 7.59. The molecule has 1 N–H and O–H groups in total. The normalized spacial score (nSPS) is 23.2. The smallest absolute Gasteiger partial charge is 0.341 e. The van der Waals surface area contributed by atoms with Gasteiger partial charge in [-0.05, 0) is 6.08 Å². The molecule has 0 aromatic heterocycles. The van der Waals surface area contributed by atoms with Crippen LogP contribution in [-0.4, -0.2) is 29.4 Å². The van der Waals surface area contributed by atoms with Crippen LogP contribution in [0.5, 0.6) is 0 Å². The number of aliphatic carboxylic acids is 1. The fourth-order valence-corrected chi connectivity index (χ4v) is 0.645. The number of aliphatic imine (C=N–C) groups is 1. The molecule has 1 unspecified atom stereocenters. The summed E-state index contributed by atoms with van der Waals surface area (Å²) < 4.78 is 12.3. The monoisotopic (exact) mass is 157 g/mol. The lowest BCUT2D eigenvalue weighted by Crippen LogP contribution is -2.18. The molecule has 1 rings (SSSR count). The predicted octanol–water partition coefficient (Wildman–Crippen LogP) is -0.0535. The minimum absolute atomic E-state index is 0.611. The Kier molecular flexibility index (Phi) is 1.80. The van der Waals surface area contributed by atoms with Crippen molar-refractivity contribution in [3.8, 4) is 0 Å². The molecule has 58 valence electrons. The molecule has 0 bridgehead atoms. The zero-order valence-electron chi connectivity index (χ0n) is 5.32. The Balaban J connectivity index is 2.94. The third kappa shape index (κ3) is 1.49. The van der Waals surface area contributed by atoms with E-state index in [1.165, 1.54) is 0 Å². The topological polar surface area (TPSA) is 66.7 Å². The third-order valence-electron chi connectivity index (χ3n) is 1.12. The van der Waals surface area contributed by atoms with E-state index in [4.69, 9.17) is 5.11 Å². The standard InChI is InChI=1S/C6H4FNO3/c7-3-1-4(6(10)11)5(9)8-2-3/h1-3H,(H,10,11). The molecule has 11 heavy (non-hydrogen) atoms. The molecular formula is C6H4FNO3. The van der Waals surface area contributed by atoms with Crippen LogP contribution in [-0.2, 0) is 9.59 Å². The Morgan fingerprint density at radius 2 is 2.36 bits per heavy atom. The van der Waals surface area contributed by atoms with Gasteiger partial charge in [0.25, 0.3) is 5.91 Å². The zero-order chi connectivity index (χ0) is 8.43. The van der Waals surface area contributed by atoms with Crippen LogP contribution in [0.25, 0.3) is 0 Å². The maximum Gasteiger partial charge on any atom is 0.341 e. The van der Waals surface area contributed by atoms with E-state index in [2.05, 4.69) is 4.99 Å². The van der Waals surface area contributed by atoms with Gasteiger partial charge in [-0.25, -0.2) is 14.2 Å². The third-order valence-corrected chi connectivity index (χ3v) is 1.12. The molecule has 0 saturated heterocycles. The molecule has 0 fully saturated rings. The number of alkyl halides is 1. The van der Waals surface area contributed by atoms with Crippen LogP contribution >= 0.6 is 0 Å². The molecule has 0 radical (unpaired) electrons. The number of hydrogen-bond donors (Lipinski definition) is 1. The van der Waals surface area contributed by atoms with Crippen LogP contribution in [0.15, 0.2) is 16.6 Å². The minimum Gasteiger partial charge on any atom is -0.477 e. The van der Waals surface area contributed by atoms with Gasteiger partial charge in [-0.1, -0.05) is 0 Å². The number of hydrogen-bond acceptors (Lipinski definition) is 2. The van der Waals surface area contributed by atoms with Gasteiger partial charge in [0, 0.05) is 6.21 Å². The molecule has 1 aliphatic heterocycles. The summed E-state index contributed by atoms with van der Waals surface area (Å²) in [4.78, 5) is 23.8. The molecule has 0 spiro atoms. The number of halogens is 1. The first-order chi connectivity index (χ1) is 5.11. The Morgan fingerprint density at radius 1 is 1.73 bits per heavy atom. The molecular weight excluding hydrogens is 153 g/mol. The first-order valence-corrected chi connectivity index (χ1v) is 2.79. The molecule has 0 aromatic carbocycles. The van der Waals surface area contributed by atoms with E-state index in [1.54, 1.807) is 0 Å². The van der Waals surface area contributed by atoms with Gasteiger partial charge in [0.2, 0.25) is 0 Å². The Morgan fingerprint density at radius 3 is 2.82 bits per heavy atom. The molecule has 0 aliphatic carbocycles. The number of carbonyl (C=O) groups is 2. The summed E-state index contributed by atoms with van der Waals surface area (Å²) in [5.74, 6) is -2.36. The molecule has 5 heteroatoms. The van der Waals surface area contributed by atoms with E-state index in [1.807, 2.05) is 0 Å². The number of carboxylic acid groups (broad SMARTS) is 1. The quantitative estimate of drug-likeness (QED) is 0.542. The number of rotatable bonds is 1. The average Bonchev–Trinajstić information content (AvgIpc) is 1.94. The summed E-state index contributed by atoms with van der Waals surface area (Å²) >= 11 is 0. The van der Waals surface area contributed by atoms with Crippen molar-refractivity contribution >= 4 is 18.1 Å². The second kappa shape index (κ2) is 2.61. The Hall–Kier alpha value is -1.52. The number of nitrogens with zero attached hydrogens (tertiary/aromatic N) is 1. The molecule has 0 saturated carbocycles. The van der Waals surface area contributed by atoms with Crippen molar-refractivity contribution in [1.82, 2.24) is 0 Å². The van der Waals surface area contributed by atoms with E-state index >= 15 is 0 Å². The summed E-state index contributed by atoms with van der Waals surface area (Å²) in [5.41, 5.74) is -0.611. The fourth-order valence-electron chi connectivity index (χ4n) is 0.645. The lowest BCUT2D eigenvalue weighted by atomic mass is 10.1. The molecule has 4 nitrogen and oxygen atoms in total. The second-order valence-electron chi connectivity index (χ2n) is 1.91. The van der Waals surface area contributed by atoms with Crippen LogP contribution in [0.4, 0.5) is 4.39 Å². The molecule has 1 amide bonds. The van der Waals surface area contributed by atoms with Crippen molar-refractivity contribution in [3.05, 3.63) is 11.6 Å². The van der Waals surface area contributed by atoms with Crippen LogP contribution in [0.2, 0.25) is 0 Å². The van der Waals surface area contributed by atoms with Gasteiger partial charge in [0.05, 0.1) is 0 Å². The fraction of sp³-hybridized carbons (Fsp3) is 0.167. The molecule has 1 aliphatic rings. The molecule has 1 atom stereocenters. The predicted molar refractivity (Wildman–Crippen MR) is 34.1 cm³/mol. The van der Waals surface area contributed by atoms with Gasteiger partial charge in [-0.15, -0.1) is 0 Å². The van der Waals surface area contributed by atoms with E-state index in [9.17, 15) is 14.0 Å². The highest BCUT2D eigenvalue weighted by Crippen LogP contribution is 2.07. The minimum atomic E-state index is -1.57. The summed E-state index contributed by atoms with van der Waals surface area (Å²) in [6.07, 6.45) is -0.0919. The molecule has 0 aromatic rings. The number of amides is 1. The summed E-state index contributed by atoms with van der Waals surface area (Å²) in [5, 5.41) is 8.30. The summed E-state index contributed by atoms with van der Waals surface area (Å²) in [7, 11) is 0. The van der Waals surface area contributed by atoms with Gasteiger partial charge in [0.1, 0.15) is 5.57 Å². The summed E-state index contributed by atoms with van der Waals surface area (Å²) in [6.45, 7) is 0. The van der Waals surface area contributed by atoms with Crippen molar-refractivity contribution in [3.63, 3.8) is 0 Å². The highest BCUT2D eigenvalue weighted by atomic mass is 19.1. The van der Waals surface area contributed by atoms with Crippen LogP contribution in [0, 0.1) is 0 Å². The number of carbonyl (C=O) groups excluding carboxylic acids is 1. The van der Waals surface area contributed by atoms with E-state index < -0.39 is 23.6 Å². The lowest BCUT2D eigenvalue weighted by molar-refractivity contribution is -0.134. The highest BCUT2D eigenvalue weighted by Gasteiger charge is 2.21. The zero-order valence-corrected chi connectivity index (χ0v) is 5.32. The van der Waals surface area contributed by atoms with Gasteiger partial charge in [0.15, 0.2) is 6.17 Å². The van der Waals surface area contributed by atoms with Gasteiger partial charge >= 0.3 is 5.97 Å². The van der Waals surface area contributed by atoms with Gasteiger partial charge in [-0.3, -0.25) is 4.79 Å². The lowest BCUT2D eigenvalue weighted by Gasteiger charge is -2.03. The SMILES string of the molecule is O=C(O)C1=CC(F)C=NC1=O. The van der Waals surface area contributed by atoms with Crippen molar-refractivity contribution in [2.24, 2.45) is 4.99 Å². The molecule has 1 heterocycles. The second-order valence-corrected chi connectivity index (χ2v) is 1.91. The number of carboxylic acids is 1. The van der Waals surface area contributed by atoms with Crippen molar-refractivity contribution in [2.75, 3.05) is 0 Å². The van der Waals surface area contributed by atoms with E-state index in [0.29, 0.717) is 0 Å². The Labute approximate surface area is 61.0 Å². The largest absolute Gasteiger partial charge is 0.477 e. The van der Waals surface area contributed by atoms with Crippen LogP contribution in [0.3, 0.4) is 0 Å². The average molecular weight is 157 g/mol. The number of allylic oxidation sites excluding steroid dienone is 1. The van der Waals surface area contributed by atoms with Crippen molar-refractivity contribution < 1.29 is 19.1 Å². The van der Waals surface area contributed by atoms with Gasteiger partial charge in [-0.2, -0.15) is 0 Å². The van der Waals surface area contributed by atoms with Gasteiger partial charge < -0.3 is 5.11 Å². The first-order valence-electron chi connectivity index (χ1n) is 2.79.